The highest BCUT2D eigenvalue weighted by Gasteiger charge is 2.28. The third kappa shape index (κ3) is 10.0. The molecular formula is C21H23F3N2O3S2. The molecule has 2 aromatic rings. The summed E-state index contributed by atoms with van der Waals surface area (Å²) in [5.41, 5.74) is -2.31. The van der Waals surface area contributed by atoms with Gasteiger partial charge >= 0.3 is 5.51 Å². The molecule has 0 radical (unpaired) electrons. The van der Waals surface area contributed by atoms with Crippen molar-refractivity contribution in [2.75, 3.05) is 0 Å². The van der Waals surface area contributed by atoms with Gasteiger partial charge in [0, 0.05) is 23.6 Å². The molecule has 0 aliphatic carbocycles. The van der Waals surface area contributed by atoms with Gasteiger partial charge in [0.1, 0.15) is 0 Å². The lowest BCUT2D eigenvalue weighted by Gasteiger charge is -2.10. The van der Waals surface area contributed by atoms with Crippen LogP contribution in [0, 0.1) is 0 Å². The van der Waals surface area contributed by atoms with Crippen molar-refractivity contribution in [3.05, 3.63) is 71.3 Å². The summed E-state index contributed by atoms with van der Waals surface area (Å²) in [6.45, 7) is 3.75. The average molecular weight is 473 g/mol. The summed E-state index contributed by atoms with van der Waals surface area (Å²) in [4.78, 5) is 12.0. The van der Waals surface area contributed by atoms with Crippen LogP contribution in [0.25, 0.3) is 6.08 Å². The van der Waals surface area contributed by atoms with Gasteiger partial charge in [-0.2, -0.15) is 13.2 Å². The quantitative estimate of drug-likeness (QED) is 0.418. The van der Waals surface area contributed by atoms with Gasteiger partial charge in [0.25, 0.3) is 0 Å². The van der Waals surface area contributed by atoms with Crippen LogP contribution in [0.15, 0.2) is 59.5 Å². The van der Waals surface area contributed by atoms with Crippen molar-refractivity contribution in [3.63, 3.8) is 0 Å². The molecule has 0 unspecified atom stereocenters. The molecule has 0 saturated carbocycles. The van der Waals surface area contributed by atoms with E-state index in [9.17, 15) is 26.4 Å². The second-order valence-electron chi connectivity index (χ2n) is 7.02. The number of rotatable bonds is 9. The standard InChI is InChI=1S/C21H23F3N2O3S2/c1-15(2)26-31(28,29)14-18-5-3-17(4-6-18)13-25-20(27)12-9-16-7-10-19(11-8-16)30-21(22,23)24/h3-12,15,26H,13-14H2,1-2H3,(H,25,27)/b12-9+. The number of halogens is 3. The Morgan fingerprint density at radius 3 is 2.16 bits per heavy atom. The predicted octanol–water partition coefficient (Wildman–Crippen LogP) is 4.46. The first-order valence-corrected chi connectivity index (χ1v) is 11.8. The molecule has 31 heavy (non-hydrogen) atoms. The molecule has 0 heterocycles. The Morgan fingerprint density at radius 1 is 1.03 bits per heavy atom. The lowest BCUT2D eigenvalue weighted by molar-refractivity contribution is -0.116. The monoisotopic (exact) mass is 472 g/mol. The fourth-order valence-electron chi connectivity index (χ4n) is 2.57. The summed E-state index contributed by atoms with van der Waals surface area (Å²) < 4.78 is 63.4. The van der Waals surface area contributed by atoms with Gasteiger partial charge in [0.2, 0.25) is 15.9 Å². The normalized spacial score (nSPS) is 12.5. The fourth-order valence-corrected chi connectivity index (χ4v) is 4.55. The van der Waals surface area contributed by atoms with Crippen LogP contribution >= 0.6 is 11.8 Å². The maximum Gasteiger partial charge on any atom is 0.446 e. The van der Waals surface area contributed by atoms with E-state index in [1.807, 2.05) is 0 Å². The fraction of sp³-hybridized carbons (Fsp3) is 0.286. The summed E-state index contributed by atoms with van der Waals surface area (Å²) in [7, 11) is -3.40. The molecule has 0 saturated heterocycles. The van der Waals surface area contributed by atoms with E-state index in [1.54, 1.807) is 38.1 Å². The van der Waals surface area contributed by atoms with Crippen LogP contribution in [0.3, 0.4) is 0 Å². The molecule has 168 valence electrons. The van der Waals surface area contributed by atoms with Crippen LogP contribution in [0.2, 0.25) is 0 Å². The van der Waals surface area contributed by atoms with E-state index in [4.69, 9.17) is 0 Å². The van der Waals surface area contributed by atoms with E-state index < -0.39 is 15.5 Å². The molecule has 2 aromatic carbocycles. The lowest BCUT2D eigenvalue weighted by Crippen LogP contribution is -2.31. The molecule has 0 aromatic heterocycles. The van der Waals surface area contributed by atoms with Crippen LogP contribution in [-0.4, -0.2) is 25.9 Å². The number of hydrogen-bond donors (Lipinski definition) is 2. The first-order valence-electron chi connectivity index (χ1n) is 9.31. The number of amides is 1. The van der Waals surface area contributed by atoms with Gasteiger partial charge in [-0.1, -0.05) is 36.4 Å². The summed E-state index contributed by atoms with van der Waals surface area (Å²) in [6.07, 6.45) is 2.80. The van der Waals surface area contributed by atoms with Crippen LogP contribution in [0.4, 0.5) is 13.2 Å². The van der Waals surface area contributed by atoms with Crippen LogP contribution < -0.4 is 10.0 Å². The van der Waals surface area contributed by atoms with E-state index in [1.165, 1.54) is 36.4 Å². The minimum atomic E-state index is -4.34. The Bertz CT molecular complexity index is 1000. The van der Waals surface area contributed by atoms with E-state index in [0.29, 0.717) is 11.1 Å². The second-order valence-corrected chi connectivity index (χ2v) is 9.91. The van der Waals surface area contributed by atoms with Gasteiger partial charge in [-0.05, 0) is 60.5 Å². The summed E-state index contributed by atoms with van der Waals surface area (Å²) in [5, 5.41) is 2.70. The Kier molecular flexibility index (Phi) is 8.72. The molecule has 0 aliphatic heterocycles. The maximum absolute atomic E-state index is 12.3. The smallest absolute Gasteiger partial charge is 0.348 e. The van der Waals surface area contributed by atoms with E-state index in [2.05, 4.69) is 10.0 Å². The number of carbonyl (C=O) groups excluding carboxylic acids is 1. The van der Waals surface area contributed by atoms with Crippen molar-refractivity contribution >= 4 is 33.8 Å². The van der Waals surface area contributed by atoms with Crippen LogP contribution in [0.1, 0.15) is 30.5 Å². The molecule has 10 heteroatoms. The topological polar surface area (TPSA) is 75.3 Å². The van der Waals surface area contributed by atoms with Crippen molar-refractivity contribution in [1.29, 1.82) is 0 Å². The van der Waals surface area contributed by atoms with Crippen molar-refractivity contribution in [1.82, 2.24) is 10.0 Å². The van der Waals surface area contributed by atoms with Gasteiger partial charge in [-0.15, -0.1) is 0 Å². The first kappa shape index (κ1) is 25.0. The molecule has 0 spiro atoms. The van der Waals surface area contributed by atoms with Gasteiger partial charge < -0.3 is 5.32 Å². The van der Waals surface area contributed by atoms with Crippen molar-refractivity contribution in [2.45, 2.75) is 42.6 Å². The van der Waals surface area contributed by atoms with Crippen molar-refractivity contribution in [2.24, 2.45) is 0 Å². The Morgan fingerprint density at radius 2 is 1.61 bits per heavy atom. The highest BCUT2D eigenvalue weighted by molar-refractivity contribution is 8.00. The largest absolute Gasteiger partial charge is 0.446 e. The molecule has 0 atom stereocenters. The van der Waals surface area contributed by atoms with E-state index in [-0.39, 0.29) is 40.9 Å². The molecular weight excluding hydrogens is 449 g/mol. The maximum atomic E-state index is 12.3. The summed E-state index contributed by atoms with van der Waals surface area (Å²) >= 11 is -0.194. The first-order chi connectivity index (χ1) is 14.4. The highest BCUT2D eigenvalue weighted by atomic mass is 32.2. The van der Waals surface area contributed by atoms with Crippen LogP contribution in [0.5, 0.6) is 0 Å². The summed E-state index contributed by atoms with van der Waals surface area (Å²) in [5.74, 6) is -0.484. The van der Waals surface area contributed by atoms with Crippen molar-refractivity contribution < 1.29 is 26.4 Å². The minimum absolute atomic E-state index is 0.0744. The third-order valence-corrected chi connectivity index (χ3v) is 6.09. The lowest BCUT2D eigenvalue weighted by atomic mass is 10.1. The zero-order valence-electron chi connectivity index (χ0n) is 16.9. The molecule has 0 bridgehead atoms. The second kappa shape index (κ2) is 10.8. The molecule has 2 N–H and O–H groups in total. The Labute approximate surface area is 184 Å². The molecule has 0 fully saturated rings. The van der Waals surface area contributed by atoms with Gasteiger partial charge in [-0.3, -0.25) is 4.79 Å². The average Bonchev–Trinajstić information content (AvgIpc) is 2.64. The zero-order valence-corrected chi connectivity index (χ0v) is 18.6. The summed E-state index contributed by atoms with van der Waals surface area (Å²) in [6, 6.07) is 12.4. The number of alkyl halides is 3. The number of benzene rings is 2. The van der Waals surface area contributed by atoms with E-state index in [0.717, 1.165) is 5.56 Å². The number of sulfonamides is 1. The number of hydrogen-bond acceptors (Lipinski definition) is 4. The Hall–Kier alpha value is -2.30. The number of carbonyl (C=O) groups is 1. The van der Waals surface area contributed by atoms with Crippen molar-refractivity contribution in [3.8, 4) is 0 Å². The van der Waals surface area contributed by atoms with Gasteiger partial charge in [0.15, 0.2) is 0 Å². The van der Waals surface area contributed by atoms with E-state index >= 15 is 0 Å². The number of thioether (sulfide) groups is 1. The molecule has 0 aliphatic rings. The SMILES string of the molecule is CC(C)NS(=O)(=O)Cc1ccc(CNC(=O)/C=C/c2ccc(SC(F)(F)F)cc2)cc1. The van der Waals surface area contributed by atoms with Gasteiger partial charge in [-0.25, -0.2) is 13.1 Å². The predicted molar refractivity (Wildman–Crippen MR) is 117 cm³/mol. The minimum Gasteiger partial charge on any atom is -0.348 e. The highest BCUT2D eigenvalue weighted by Crippen LogP contribution is 2.36. The zero-order chi connectivity index (χ0) is 23.1. The molecule has 2 rings (SSSR count). The Balaban J connectivity index is 1.84. The van der Waals surface area contributed by atoms with Crippen LogP contribution in [-0.2, 0) is 27.1 Å². The van der Waals surface area contributed by atoms with Gasteiger partial charge in [0.05, 0.1) is 5.75 Å². The molecule has 5 nitrogen and oxygen atoms in total. The molecule has 1 amide bonds. The number of nitrogens with one attached hydrogen (secondary N) is 2. The third-order valence-electron chi connectivity index (χ3n) is 3.80.